The maximum Gasteiger partial charge on any atom is 0.223 e. The topological polar surface area (TPSA) is 57.7 Å². The van der Waals surface area contributed by atoms with Crippen molar-refractivity contribution in [3.63, 3.8) is 0 Å². The fraction of sp³-hybridized carbons (Fsp3) is 0.652. The molecule has 164 valence electrons. The number of anilines is 1. The number of likely N-dealkylation sites (tertiary alicyclic amines) is 1. The molecule has 0 aliphatic carbocycles. The van der Waals surface area contributed by atoms with Crippen molar-refractivity contribution in [2.75, 3.05) is 44.2 Å². The average molecular weight is 431 g/mol. The third-order valence-electron chi connectivity index (χ3n) is 6.43. The molecular weight excluding hydrogens is 396 g/mol. The van der Waals surface area contributed by atoms with E-state index in [-0.39, 0.29) is 11.8 Å². The van der Waals surface area contributed by atoms with E-state index in [0.29, 0.717) is 12.6 Å². The molecule has 0 spiro atoms. The first-order valence-corrected chi connectivity index (χ1v) is 12.3. The maximum atomic E-state index is 12.6. The minimum atomic E-state index is 0.124. The summed E-state index contributed by atoms with van der Waals surface area (Å²) in [7, 11) is 0. The standard InChI is InChI=1S/C23H34N4O2S/c1-3-29-19-7-8-20-21(16-19)30-23(25-20)27-13-9-18(10-14-27)22(28)24-11-15-26-12-5-4-6-17(26)2/h7-8,16-18H,3-6,9-15H2,1-2H3,(H,24,28)/t17-/m1/s1. The minimum Gasteiger partial charge on any atom is -0.494 e. The zero-order chi connectivity index (χ0) is 20.9. The second kappa shape index (κ2) is 9.96. The van der Waals surface area contributed by atoms with Gasteiger partial charge in [0.05, 0.1) is 16.8 Å². The monoisotopic (exact) mass is 430 g/mol. The fourth-order valence-corrected chi connectivity index (χ4v) is 5.62. The van der Waals surface area contributed by atoms with Crippen molar-refractivity contribution in [3.8, 4) is 5.75 Å². The lowest BCUT2D eigenvalue weighted by Gasteiger charge is -2.34. The molecule has 2 saturated heterocycles. The zero-order valence-electron chi connectivity index (χ0n) is 18.2. The molecular formula is C23H34N4O2S. The smallest absolute Gasteiger partial charge is 0.223 e. The van der Waals surface area contributed by atoms with Gasteiger partial charge in [-0.1, -0.05) is 17.8 Å². The SMILES string of the molecule is CCOc1ccc2nc(N3CCC(C(=O)NCCN4CCCC[C@H]4C)CC3)sc2c1. The number of hydrogen-bond donors (Lipinski definition) is 1. The Morgan fingerprint density at radius 2 is 2.07 bits per heavy atom. The Kier molecular flexibility index (Phi) is 7.10. The summed E-state index contributed by atoms with van der Waals surface area (Å²) in [5, 5.41) is 4.24. The summed E-state index contributed by atoms with van der Waals surface area (Å²) in [4.78, 5) is 22.3. The molecule has 3 heterocycles. The van der Waals surface area contributed by atoms with Gasteiger partial charge in [-0.05, 0) is 64.3 Å². The number of nitrogens with zero attached hydrogens (tertiary/aromatic N) is 3. The van der Waals surface area contributed by atoms with Crippen LogP contribution in [0.15, 0.2) is 18.2 Å². The predicted octanol–water partition coefficient (Wildman–Crippen LogP) is 3.90. The lowest BCUT2D eigenvalue weighted by molar-refractivity contribution is -0.125. The van der Waals surface area contributed by atoms with Crippen LogP contribution in [-0.4, -0.2) is 61.2 Å². The number of ether oxygens (including phenoxy) is 1. The Balaban J connectivity index is 1.25. The number of aromatic nitrogens is 1. The summed E-state index contributed by atoms with van der Waals surface area (Å²) in [5.74, 6) is 1.25. The molecule has 0 unspecified atom stereocenters. The summed E-state index contributed by atoms with van der Waals surface area (Å²) < 4.78 is 6.76. The number of carbonyl (C=O) groups is 1. The van der Waals surface area contributed by atoms with E-state index < -0.39 is 0 Å². The molecule has 1 N–H and O–H groups in total. The highest BCUT2D eigenvalue weighted by Gasteiger charge is 2.26. The molecule has 0 saturated carbocycles. The van der Waals surface area contributed by atoms with Crippen LogP contribution in [0.3, 0.4) is 0 Å². The van der Waals surface area contributed by atoms with Crippen LogP contribution in [0.2, 0.25) is 0 Å². The highest BCUT2D eigenvalue weighted by molar-refractivity contribution is 7.22. The Morgan fingerprint density at radius 3 is 2.83 bits per heavy atom. The van der Waals surface area contributed by atoms with Gasteiger partial charge in [-0.25, -0.2) is 4.98 Å². The third-order valence-corrected chi connectivity index (χ3v) is 7.51. The molecule has 1 atom stereocenters. The van der Waals surface area contributed by atoms with E-state index in [4.69, 9.17) is 9.72 Å². The molecule has 0 bridgehead atoms. The second-order valence-corrected chi connectivity index (χ2v) is 9.50. The van der Waals surface area contributed by atoms with Gasteiger partial charge in [-0.2, -0.15) is 0 Å². The first-order valence-electron chi connectivity index (χ1n) is 11.4. The molecule has 6 nitrogen and oxygen atoms in total. The number of fused-ring (bicyclic) bond motifs is 1. The molecule has 1 amide bonds. The van der Waals surface area contributed by atoms with Crippen LogP contribution < -0.4 is 15.0 Å². The normalized spacial score (nSPS) is 21.1. The molecule has 30 heavy (non-hydrogen) atoms. The molecule has 2 aromatic rings. The number of piperidine rings is 2. The van der Waals surface area contributed by atoms with Crippen LogP contribution in [0.25, 0.3) is 10.2 Å². The molecule has 0 radical (unpaired) electrons. The first kappa shape index (κ1) is 21.4. The largest absolute Gasteiger partial charge is 0.494 e. The van der Waals surface area contributed by atoms with E-state index in [9.17, 15) is 4.79 Å². The maximum absolute atomic E-state index is 12.6. The Hall–Kier alpha value is -1.86. The van der Waals surface area contributed by atoms with Gasteiger partial charge in [0, 0.05) is 38.1 Å². The van der Waals surface area contributed by atoms with E-state index in [2.05, 4.69) is 28.1 Å². The van der Waals surface area contributed by atoms with Crippen molar-refractivity contribution < 1.29 is 9.53 Å². The minimum absolute atomic E-state index is 0.124. The van der Waals surface area contributed by atoms with Crippen molar-refractivity contribution in [1.29, 1.82) is 0 Å². The van der Waals surface area contributed by atoms with Gasteiger partial charge in [0.15, 0.2) is 5.13 Å². The highest BCUT2D eigenvalue weighted by atomic mass is 32.1. The summed E-state index contributed by atoms with van der Waals surface area (Å²) >= 11 is 1.71. The van der Waals surface area contributed by atoms with Crippen molar-refractivity contribution in [1.82, 2.24) is 15.2 Å². The molecule has 4 rings (SSSR count). The van der Waals surface area contributed by atoms with Crippen molar-refractivity contribution >= 4 is 32.6 Å². The highest BCUT2D eigenvalue weighted by Crippen LogP contribution is 2.33. The van der Waals surface area contributed by atoms with Gasteiger partial charge in [0.2, 0.25) is 5.91 Å². The quantitative estimate of drug-likeness (QED) is 0.722. The van der Waals surface area contributed by atoms with Crippen molar-refractivity contribution in [2.24, 2.45) is 5.92 Å². The van der Waals surface area contributed by atoms with Gasteiger partial charge < -0.3 is 15.0 Å². The Morgan fingerprint density at radius 1 is 1.23 bits per heavy atom. The van der Waals surface area contributed by atoms with E-state index in [1.54, 1.807) is 11.3 Å². The van der Waals surface area contributed by atoms with Crippen molar-refractivity contribution in [2.45, 2.75) is 52.0 Å². The van der Waals surface area contributed by atoms with E-state index in [1.165, 1.54) is 25.8 Å². The molecule has 2 fully saturated rings. The second-order valence-electron chi connectivity index (χ2n) is 8.49. The predicted molar refractivity (Wildman–Crippen MR) is 124 cm³/mol. The van der Waals surface area contributed by atoms with E-state index >= 15 is 0 Å². The number of carbonyl (C=O) groups excluding carboxylic acids is 1. The van der Waals surface area contributed by atoms with Crippen molar-refractivity contribution in [3.05, 3.63) is 18.2 Å². The van der Waals surface area contributed by atoms with Crippen LogP contribution in [0.5, 0.6) is 5.75 Å². The lowest BCUT2D eigenvalue weighted by atomic mass is 9.96. The third kappa shape index (κ3) is 5.06. The average Bonchev–Trinajstić information content (AvgIpc) is 3.19. The molecule has 7 heteroatoms. The Bertz CT molecular complexity index is 847. The van der Waals surface area contributed by atoms with Gasteiger partial charge in [-0.3, -0.25) is 9.69 Å². The fourth-order valence-electron chi connectivity index (χ4n) is 4.57. The molecule has 2 aliphatic rings. The number of hydrogen-bond acceptors (Lipinski definition) is 6. The molecule has 2 aliphatic heterocycles. The van der Waals surface area contributed by atoms with Crippen LogP contribution in [0.4, 0.5) is 5.13 Å². The summed E-state index contributed by atoms with van der Waals surface area (Å²) in [6.45, 7) is 9.66. The van der Waals surface area contributed by atoms with Crippen LogP contribution in [-0.2, 0) is 4.79 Å². The molecule has 1 aromatic carbocycles. The van der Waals surface area contributed by atoms with Crippen LogP contribution in [0.1, 0.15) is 46.0 Å². The van der Waals surface area contributed by atoms with Gasteiger partial charge in [0.25, 0.3) is 0 Å². The van der Waals surface area contributed by atoms with Gasteiger partial charge in [-0.15, -0.1) is 0 Å². The number of rotatable bonds is 7. The number of benzene rings is 1. The zero-order valence-corrected chi connectivity index (χ0v) is 19.0. The number of thiazole rings is 1. The number of amides is 1. The van der Waals surface area contributed by atoms with Crippen LogP contribution >= 0.6 is 11.3 Å². The van der Waals surface area contributed by atoms with E-state index in [1.807, 2.05) is 19.1 Å². The summed E-state index contributed by atoms with van der Waals surface area (Å²) in [6.07, 6.45) is 5.70. The Labute approximate surface area is 183 Å². The van der Waals surface area contributed by atoms with Crippen LogP contribution in [0, 0.1) is 5.92 Å². The van der Waals surface area contributed by atoms with Gasteiger partial charge in [0.1, 0.15) is 5.75 Å². The van der Waals surface area contributed by atoms with Gasteiger partial charge >= 0.3 is 0 Å². The molecule has 1 aromatic heterocycles. The van der Waals surface area contributed by atoms with E-state index in [0.717, 1.165) is 60.1 Å². The summed E-state index contributed by atoms with van der Waals surface area (Å²) in [5.41, 5.74) is 1.02. The first-order chi connectivity index (χ1) is 14.6. The summed E-state index contributed by atoms with van der Waals surface area (Å²) in [6, 6.07) is 6.74. The number of nitrogens with one attached hydrogen (secondary N) is 1. The lowest BCUT2D eigenvalue weighted by Crippen LogP contribution is -2.45.